The van der Waals surface area contributed by atoms with Crippen LogP contribution >= 0.6 is 0 Å². The van der Waals surface area contributed by atoms with Crippen LogP contribution in [0.1, 0.15) is 6.92 Å². The number of fused-ring (bicyclic) bond motifs is 1. The predicted molar refractivity (Wildman–Crippen MR) is 96.9 cm³/mol. The van der Waals surface area contributed by atoms with E-state index in [1.807, 2.05) is 10.5 Å². The quantitative estimate of drug-likeness (QED) is 0.768. The first-order valence-electron chi connectivity index (χ1n) is 8.46. The van der Waals surface area contributed by atoms with Crippen LogP contribution in [0, 0.1) is 5.82 Å². The number of nitrogens with zero attached hydrogens (tertiary/aromatic N) is 3. The Morgan fingerprint density at radius 1 is 1.37 bits per heavy atom. The van der Waals surface area contributed by atoms with Gasteiger partial charge in [-0.1, -0.05) is 0 Å². The molecule has 0 unspecified atom stereocenters. The summed E-state index contributed by atoms with van der Waals surface area (Å²) in [5, 5.41) is 2.61. The maximum atomic E-state index is 14.7. The standard InChI is InChI=1S/C19H17FN4O3/c1-12(25)22-9-15-11-24(19(26)27-15)14-3-4-16(17(20)8-14)13-2-5-18-21-6-7-23(18)10-13/h2-8,10,15H,9,11H2,1H3,(H,22,25)/t15-/m1/s1. The van der Waals surface area contributed by atoms with Crippen LogP contribution in [-0.2, 0) is 9.53 Å². The Bertz CT molecular complexity index is 1030. The second-order valence-corrected chi connectivity index (χ2v) is 6.33. The number of carbonyl (C=O) groups excluding carboxylic acids is 2. The lowest BCUT2D eigenvalue weighted by atomic mass is 10.1. The number of rotatable bonds is 4. The second-order valence-electron chi connectivity index (χ2n) is 6.33. The van der Waals surface area contributed by atoms with E-state index in [1.165, 1.54) is 17.9 Å². The molecule has 2 aromatic heterocycles. The van der Waals surface area contributed by atoms with Gasteiger partial charge in [0.15, 0.2) is 0 Å². The van der Waals surface area contributed by atoms with Crippen LogP contribution in [0.25, 0.3) is 16.8 Å². The first-order chi connectivity index (χ1) is 13.0. The molecule has 138 valence electrons. The Hall–Kier alpha value is -3.42. The third-order valence-electron chi connectivity index (χ3n) is 4.42. The van der Waals surface area contributed by atoms with Crippen molar-refractivity contribution in [2.45, 2.75) is 13.0 Å². The van der Waals surface area contributed by atoms with Gasteiger partial charge in [0.05, 0.1) is 18.8 Å². The van der Waals surface area contributed by atoms with Gasteiger partial charge < -0.3 is 14.5 Å². The molecule has 1 N–H and O–H groups in total. The molecule has 1 aliphatic heterocycles. The van der Waals surface area contributed by atoms with Gasteiger partial charge >= 0.3 is 6.09 Å². The summed E-state index contributed by atoms with van der Waals surface area (Å²) < 4.78 is 21.8. The molecule has 0 spiro atoms. The molecule has 2 amide bonds. The molecular formula is C19H17FN4O3. The monoisotopic (exact) mass is 368 g/mol. The van der Waals surface area contributed by atoms with Gasteiger partial charge in [-0.05, 0) is 30.3 Å². The molecule has 0 saturated carbocycles. The van der Waals surface area contributed by atoms with E-state index >= 15 is 0 Å². The minimum absolute atomic E-state index is 0.199. The van der Waals surface area contributed by atoms with Crippen molar-refractivity contribution in [1.29, 1.82) is 0 Å². The summed E-state index contributed by atoms with van der Waals surface area (Å²) in [4.78, 5) is 28.6. The molecule has 3 aromatic rings. The summed E-state index contributed by atoms with van der Waals surface area (Å²) in [6, 6.07) is 8.24. The topological polar surface area (TPSA) is 75.9 Å². The normalized spacial score (nSPS) is 16.6. The zero-order valence-corrected chi connectivity index (χ0v) is 14.6. The summed E-state index contributed by atoms with van der Waals surface area (Å²) in [7, 11) is 0. The minimum Gasteiger partial charge on any atom is -0.442 e. The lowest BCUT2D eigenvalue weighted by Crippen LogP contribution is -2.33. The Labute approximate surface area is 154 Å². The van der Waals surface area contributed by atoms with Crippen molar-refractivity contribution in [2.24, 2.45) is 0 Å². The molecule has 4 rings (SSSR count). The zero-order chi connectivity index (χ0) is 19.0. The Balaban J connectivity index is 1.56. The molecule has 1 atom stereocenters. The maximum absolute atomic E-state index is 14.7. The van der Waals surface area contributed by atoms with Crippen LogP contribution in [-0.4, -0.2) is 40.6 Å². The van der Waals surface area contributed by atoms with Gasteiger partial charge in [0.2, 0.25) is 5.91 Å². The Morgan fingerprint density at radius 2 is 2.22 bits per heavy atom. The van der Waals surface area contributed by atoms with Gasteiger partial charge in [0, 0.05) is 36.6 Å². The number of halogens is 1. The van der Waals surface area contributed by atoms with Crippen molar-refractivity contribution in [3.05, 3.63) is 54.7 Å². The van der Waals surface area contributed by atoms with Crippen LogP contribution in [0.4, 0.5) is 14.9 Å². The lowest BCUT2D eigenvalue weighted by Gasteiger charge is -2.14. The van der Waals surface area contributed by atoms with Crippen LogP contribution in [0.3, 0.4) is 0 Å². The molecule has 3 heterocycles. The molecule has 0 bridgehead atoms. The third-order valence-corrected chi connectivity index (χ3v) is 4.42. The van der Waals surface area contributed by atoms with Crippen LogP contribution < -0.4 is 10.2 Å². The molecule has 27 heavy (non-hydrogen) atoms. The number of hydrogen-bond donors (Lipinski definition) is 1. The minimum atomic E-state index is -0.558. The summed E-state index contributed by atoms with van der Waals surface area (Å²) in [5.74, 6) is -0.639. The third kappa shape index (κ3) is 3.33. The molecule has 1 saturated heterocycles. The zero-order valence-electron chi connectivity index (χ0n) is 14.6. The van der Waals surface area contributed by atoms with Gasteiger partial charge in [-0.3, -0.25) is 9.69 Å². The predicted octanol–water partition coefficient (Wildman–Crippen LogP) is 2.60. The molecule has 1 fully saturated rings. The smallest absolute Gasteiger partial charge is 0.414 e. The van der Waals surface area contributed by atoms with E-state index in [4.69, 9.17) is 4.74 Å². The summed E-state index contributed by atoms with van der Waals surface area (Å²) in [6.45, 7) is 1.87. The number of anilines is 1. The van der Waals surface area contributed by atoms with Gasteiger partial charge in [0.1, 0.15) is 17.6 Å². The molecule has 7 nitrogen and oxygen atoms in total. The Morgan fingerprint density at radius 3 is 3.00 bits per heavy atom. The van der Waals surface area contributed by atoms with Crippen molar-refractivity contribution in [2.75, 3.05) is 18.0 Å². The Kier molecular flexibility index (Phi) is 4.23. The number of cyclic esters (lactones) is 1. The van der Waals surface area contributed by atoms with Crippen LogP contribution in [0.5, 0.6) is 0 Å². The van der Waals surface area contributed by atoms with E-state index < -0.39 is 18.0 Å². The van der Waals surface area contributed by atoms with Crippen molar-refractivity contribution in [3.8, 4) is 11.1 Å². The van der Waals surface area contributed by atoms with E-state index in [0.29, 0.717) is 16.8 Å². The van der Waals surface area contributed by atoms with E-state index in [1.54, 1.807) is 36.8 Å². The van der Waals surface area contributed by atoms with Gasteiger partial charge in [-0.2, -0.15) is 0 Å². The average Bonchev–Trinajstić information content (AvgIpc) is 3.25. The highest BCUT2D eigenvalue weighted by atomic mass is 19.1. The number of hydrogen-bond acceptors (Lipinski definition) is 4. The molecule has 0 radical (unpaired) electrons. The van der Waals surface area contributed by atoms with Crippen molar-refractivity contribution in [3.63, 3.8) is 0 Å². The van der Waals surface area contributed by atoms with E-state index in [0.717, 1.165) is 5.65 Å². The number of carbonyl (C=O) groups is 2. The molecule has 1 aromatic carbocycles. The fourth-order valence-corrected chi connectivity index (χ4v) is 3.08. The summed E-state index contributed by atoms with van der Waals surface area (Å²) >= 11 is 0. The summed E-state index contributed by atoms with van der Waals surface area (Å²) in [6.07, 6.45) is 4.24. The average molecular weight is 368 g/mol. The maximum Gasteiger partial charge on any atom is 0.414 e. The fourth-order valence-electron chi connectivity index (χ4n) is 3.08. The van der Waals surface area contributed by atoms with E-state index in [9.17, 15) is 14.0 Å². The molecule has 0 aliphatic carbocycles. The highest BCUT2D eigenvalue weighted by Crippen LogP contribution is 2.29. The van der Waals surface area contributed by atoms with Crippen molar-refractivity contribution < 1.29 is 18.7 Å². The van der Waals surface area contributed by atoms with E-state index in [-0.39, 0.29) is 19.0 Å². The first kappa shape index (κ1) is 17.0. The van der Waals surface area contributed by atoms with Crippen LogP contribution in [0.2, 0.25) is 0 Å². The number of aromatic nitrogens is 2. The van der Waals surface area contributed by atoms with Gasteiger partial charge in [0.25, 0.3) is 0 Å². The number of ether oxygens (including phenoxy) is 1. The number of imidazole rings is 1. The first-order valence-corrected chi connectivity index (χ1v) is 8.46. The highest BCUT2D eigenvalue weighted by molar-refractivity contribution is 5.90. The van der Waals surface area contributed by atoms with Gasteiger partial charge in [-0.15, -0.1) is 0 Å². The highest BCUT2D eigenvalue weighted by Gasteiger charge is 2.32. The molecular weight excluding hydrogens is 351 g/mol. The van der Waals surface area contributed by atoms with Crippen molar-refractivity contribution in [1.82, 2.24) is 14.7 Å². The SMILES string of the molecule is CC(=O)NC[C@@H]1CN(c2ccc(-c3ccc4nccn4c3)c(F)c2)C(=O)O1. The number of pyridine rings is 1. The molecule has 1 aliphatic rings. The van der Waals surface area contributed by atoms with Crippen LogP contribution in [0.15, 0.2) is 48.9 Å². The van der Waals surface area contributed by atoms with E-state index in [2.05, 4.69) is 10.3 Å². The number of benzene rings is 1. The summed E-state index contributed by atoms with van der Waals surface area (Å²) in [5.41, 5.74) is 2.32. The lowest BCUT2D eigenvalue weighted by molar-refractivity contribution is -0.119. The van der Waals surface area contributed by atoms with Crippen molar-refractivity contribution >= 4 is 23.3 Å². The molecule has 8 heteroatoms. The number of nitrogens with one attached hydrogen (secondary N) is 1. The second kappa shape index (κ2) is 6.71. The fraction of sp³-hybridized carbons (Fsp3) is 0.211. The number of amides is 2. The largest absolute Gasteiger partial charge is 0.442 e. The van der Waals surface area contributed by atoms with Gasteiger partial charge in [-0.25, -0.2) is 14.2 Å².